The van der Waals surface area contributed by atoms with E-state index in [9.17, 15) is 13.2 Å². The Bertz CT molecular complexity index is 390. The van der Waals surface area contributed by atoms with Crippen LogP contribution in [0.4, 0.5) is 18.3 Å². The summed E-state index contributed by atoms with van der Waals surface area (Å²) in [6.45, 7) is 3.91. The molecule has 0 aliphatic carbocycles. The van der Waals surface area contributed by atoms with Crippen LogP contribution in [-0.2, 0) is 13.0 Å². The monoisotopic (exact) mass is 295 g/mol. The first-order valence-electron chi connectivity index (χ1n) is 6.36. The Balaban J connectivity index is 2.95. The number of nitrogens with zero attached hydrogens (tertiary/aromatic N) is 2. The third-order valence-electron chi connectivity index (χ3n) is 2.57. The van der Waals surface area contributed by atoms with Crippen molar-refractivity contribution in [3.63, 3.8) is 0 Å². The minimum atomic E-state index is -4.20. The molecule has 110 valence electrons. The summed E-state index contributed by atoms with van der Waals surface area (Å²) in [6, 6.07) is 0. The van der Waals surface area contributed by atoms with Crippen molar-refractivity contribution in [1.29, 1.82) is 0 Å². The largest absolute Gasteiger partial charge is 0.406 e. The highest BCUT2D eigenvalue weighted by Crippen LogP contribution is 2.29. The van der Waals surface area contributed by atoms with Crippen LogP contribution in [0.5, 0.6) is 0 Å². The second kappa shape index (κ2) is 7.09. The molecule has 1 aromatic rings. The summed E-state index contributed by atoms with van der Waals surface area (Å²) in [5.41, 5.74) is 0.887. The summed E-state index contributed by atoms with van der Waals surface area (Å²) in [5, 5.41) is 3.49. The lowest BCUT2D eigenvalue weighted by molar-refractivity contribution is -0.119. The van der Waals surface area contributed by atoms with Gasteiger partial charge in [0.15, 0.2) is 5.13 Å². The Labute approximate surface area is 115 Å². The summed E-state index contributed by atoms with van der Waals surface area (Å²) < 4.78 is 37.7. The molecule has 0 radical (unpaired) electrons. The van der Waals surface area contributed by atoms with Gasteiger partial charge in [0.25, 0.3) is 0 Å². The molecule has 0 amide bonds. The topological polar surface area (TPSA) is 28.2 Å². The number of anilines is 1. The van der Waals surface area contributed by atoms with Gasteiger partial charge in [0.1, 0.15) is 6.54 Å². The van der Waals surface area contributed by atoms with E-state index in [0.29, 0.717) is 24.6 Å². The molecule has 0 unspecified atom stereocenters. The van der Waals surface area contributed by atoms with Crippen LogP contribution in [0.2, 0.25) is 0 Å². The molecule has 0 aromatic carbocycles. The number of hydrogen-bond acceptors (Lipinski definition) is 4. The highest BCUT2D eigenvalue weighted by Gasteiger charge is 2.32. The predicted molar refractivity (Wildman–Crippen MR) is 72.8 cm³/mol. The van der Waals surface area contributed by atoms with E-state index in [4.69, 9.17) is 0 Å². The molecule has 0 aliphatic heterocycles. The molecule has 0 saturated heterocycles. The van der Waals surface area contributed by atoms with Crippen LogP contribution >= 0.6 is 11.3 Å². The van der Waals surface area contributed by atoms with Crippen molar-refractivity contribution < 1.29 is 13.2 Å². The van der Waals surface area contributed by atoms with Crippen molar-refractivity contribution in [3.8, 4) is 0 Å². The maximum Gasteiger partial charge on any atom is 0.406 e. The highest BCUT2D eigenvalue weighted by molar-refractivity contribution is 7.15. The van der Waals surface area contributed by atoms with Crippen molar-refractivity contribution in [1.82, 2.24) is 10.3 Å². The predicted octanol–water partition coefficient (Wildman–Crippen LogP) is 3.20. The van der Waals surface area contributed by atoms with Gasteiger partial charge in [0.2, 0.25) is 0 Å². The lowest BCUT2D eigenvalue weighted by atomic mass is 10.3. The van der Waals surface area contributed by atoms with Crippen LogP contribution in [0.15, 0.2) is 0 Å². The zero-order chi connectivity index (χ0) is 14.5. The number of aryl methyl sites for hydroxylation is 1. The summed E-state index contributed by atoms with van der Waals surface area (Å²) in [5.74, 6) is 0. The van der Waals surface area contributed by atoms with Gasteiger partial charge >= 0.3 is 6.18 Å². The fourth-order valence-electron chi connectivity index (χ4n) is 1.81. The summed E-state index contributed by atoms with van der Waals surface area (Å²) in [7, 11) is 1.82. The molecule has 1 aromatic heterocycles. The smallest absolute Gasteiger partial charge is 0.339 e. The second-order valence-electron chi connectivity index (χ2n) is 4.29. The first kappa shape index (κ1) is 16.2. The lowest BCUT2D eigenvalue weighted by Gasteiger charge is -2.22. The molecule has 1 heterocycles. The number of rotatable bonds is 7. The minimum absolute atomic E-state index is 0.370. The van der Waals surface area contributed by atoms with Crippen LogP contribution in [-0.4, -0.2) is 31.3 Å². The van der Waals surface area contributed by atoms with Crippen LogP contribution in [0, 0.1) is 0 Å². The summed E-state index contributed by atoms with van der Waals surface area (Å²) >= 11 is 1.35. The van der Waals surface area contributed by atoms with Gasteiger partial charge in [0.05, 0.1) is 5.69 Å². The first-order chi connectivity index (χ1) is 8.91. The average molecular weight is 295 g/mol. The Morgan fingerprint density at radius 1 is 1.32 bits per heavy atom. The van der Waals surface area contributed by atoms with Gasteiger partial charge in [-0.25, -0.2) is 4.98 Å². The van der Waals surface area contributed by atoms with E-state index in [1.165, 1.54) is 16.2 Å². The van der Waals surface area contributed by atoms with Crippen molar-refractivity contribution >= 4 is 16.5 Å². The molecule has 0 spiro atoms. The standard InChI is InChI=1S/C12H20F3N3S/c1-4-6-18(8-12(13,14)15)11-17-9(5-2)10(19-11)7-16-3/h16H,4-8H2,1-3H3. The van der Waals surface area contributed by atoms with E-state index < -0.39 is 12.7 Å². The summed E-state index contributed by atoms with van der Waals surface area (Å²) in [6.07, 6.45) is -2.80. The first-order valence-corrected chi connectivity index (χ1v) is 7.17. The van der Waals surface area contributed by atoms with Gasteiger partial charge in [0, 0.05) is 18.0 Å². The maximum absolute atomic E-state index is 12.6. The van der Waals surface area contributed by atoms with Gasteiger partial charge in [-0.1, -0.05) is 13.8 Å². The zero-order valence-corrected chi connectivity index (χ0v) is 12.3. The van der Waals surface area contributed by atoms with Crippen molar-refractivity contribution in [2.24, 2.45) is 0 Å². The van der Waals surface area contributed by atoms with Gasteiger partial charge in [-0.2, -0.15) is 13.2 Å². The fourth-order valence-corrected chi connectivity index (χ4v) is 2.99. The van der Waals surface area contributed by atoms with Crippen LogP contribution in [0.25, 0.3) is 0 Å². The van der Waals surface area contributed by atoms with Crippen LogP contribution < -0.4 is 10.2 Å². The number of halogens is 3. The molecule has 19 heavy (non-hydrogen) atoms. The SMILES string of the molecule is CCCN(CC(F)(F)F)c1nc(CC)c(CNC)s1. The molecule has 0 bridgehead atoms. The minimum Gasteiger partial charge on any atom is -0.339 e. The van der Waals surface area contributed by atoms with Gasteiger partial charge in [-0.15, -0.1) is 11.3 Å². The molecule has 1 N–H and O–H groups in total. The highest BCUT2D eigenvalue weighted by atomic mass is 32.1. The Morgan fingerprint density at radius 3 is 2.47 bits per heavy atom. The molecule has 0 saturated carbocycles. The average Bonchev–Trinajstić information content (AvgIpc) is 2.70. The van der Waals surface area contributed by atoms with E-state index in [-0.39, 0.29) is 0 Å². The van der Waals surface area contributed by atoms with Crippen molar-refractivity contribution in [2.75, 3.05) is 25.0 Å². The van der Waals surface area contributed by atoms with E-state index in [2.05, 4.69) is 10.3 Å². The van der Waals surface area contributed by atoms with Crippen molar-refractivity contribution in [3.05, 3.63) is 10.6 Å². The third kappa shape index (κ3) is 4.99. The van der Waals surface area contributed by atoms with Gasteiger partial charge in [-0.3, -0.25) is 0 Å². The van der Waals surface area contributed by atoms with Gasteiger partial charge in [-0.05, 0) is 19.9 Å². The number of hydrogen-bond donors (Lipinski definition) is 1. The van der Waals surface area contributed by atoms with Gasteiger partial charge < -0.3 is 10.2 Å². The zero-order valence-electron chi connectivity index (χ0n) is 11.5. The fraction of sp³-hybridized carbons (Fsp3) is 0.750. The Kier molecular flexibility index (Phi) is 6.06. The lowest BCUT2D eigenvalue weighted by Crippen LogP contribution is -2.34. The Morgan fingerprint density at radius 2 is 2.00 bits per heavy atom. The van der Waals surface area contributed by atoms with E-state index in [1.54, 1.807) is 0 Å². The molecule has 0 aliphatic rings. The molecule has 0 fully saturated rings. The molecule has 0 atom stereocenters. The normalized spacial score (nSPS) is 11.9. The van der Waals surface area contributed by atoms with E-state index in [0.717, 1.165) is 17.0 Å². The Hall–Kier alpha value is -0.820. The second-order valence-corrected chi connectivity index (χ2v) is 5.35. The maximum atomic E-state index is 12.6. The molecule has 7 heteroatoms. The molecular weight excluding hydrogens is 275 g/mol. The summed E-state index contributed by atoms with van der Waals surface area (Å²) in [4.78, 5) is 6.69. The molecular formula is C12H20F3N3S. The quantitative estimate of drug-likeness (QED) is 0.837. The number of alkyl halides is 3. The van der Waals surface area contributed by atoms with Crippen molar-refractivity contribution in [2.45, 2.75) is 39.4 Å². The number of thiazole rings is 1. The van der Waals surface area contributed by atoms with E-state index in [1.807, 2.05) is 20.9 Å². The third-order valence-corrected chi connectivity index (χ3v) is 3.73. The van der Waals surface area contributed by atoms with Crippen LogP contribution in [0.1, 0.15) is 30.8 Å². The van der Waals surface area contributed by atoms with E-state index >= 15 is 0 Å². The van der Waals surface area contributed by atoms with Crippen LogP contribution in [0.3, 0.4) is 0 Å². The molecule has 1 rings (SSSR count). The molecule has 3 nitrogen and oxygen atoms in total. The number of aromatic nitrogens is 1. The number of nitrogens with one attached hydrogen (secondary N) is 1.